The molecule has 1 atom stereocenters. The maximum Gasteiger partial charge on any atom is 0.0971 e. The largest absolute Gasteiger partial charge is 0.303 e. The molecule has 0 aromatic carbocycles. The van der Waals surface area contributed by atoms with Gasteiger partial charge >= 0.3 is 0 Å². The number of terminal acetylenes is 1. The van der Waals surface area contributed by atoms with Crippen LogP contribution in [-0.4, -0.2) is 16.8 Å². The molecular weight excluding hydrogens is 138 g/mol. The fourth-order valence-electron chi connectivity index (χ4n) is 0.935. The Morgan fingerprint density at radius 1 is 1.82 bits per heavy atom. The summed E-state index contributed by atoms with van der Waals surface area (Å²) in [7, 11) is 3.70. The Bertz CT molecular complexity index is 269. The average molecular weight is 149 g/mol. The van der Waals surface area contributed by atoms with Gasteiger partial charge in [0.1, 0.15) is 0 Å². The smallest absolute Gasteiger partial charge is 0.0971 e. The van der Waals surface area contributed by atoms with Crippen molar-refractivity contribution in [1.82, 2.24) is 15.1 Å². The highest BCUT2D eigenvalue weighted by molar-refractivity contribution is 5.19. The van der Waals surface area contributed by atoms with Gasteiger partial charge in [-0.1, -0.05) is 5.92 Å². The first kappa shape index (κ1) is 7.83. The zero-order valence-corrected chi connectivity index (χ0v) is 6.70. The summed E-state index contributed by atoms with van der Waals surface area (Å²) in [5.41, 5.74) is 1.03. The Balaban J connectivity index is 2.84. The summed E-state index contributed by atoms with van der Waals surface area (Å²) >= 11 is 0. The van der Waals surface area contributed by atoms with Crippen molar-refractivity contribution < 1.29 is 0 Å². The van der Waals surface area contributed by atoms with Gasteiger partial charge in [-0.2, -0.15) is 5.10 Å². The predicted octanol–water partition coefficient (Wildman–Crippen LogP) is 0.314. The van der Waals surface area contributed by atoms with Gasteiger partial charge in [-0.15, -0.1) is 6.42 Å². The molecule has 1 aromatic heterocycles. The zero-order chi connectivity index (χ0) is 8.27. The van der Waals surface area contributed by atoms with Crippen molar-refractivity contribution in [1.29, 1.82) is 0 Å². The van der Waals surface area contributed by atoms with E-state index in [-0.39, 0.29) is 6.04 Å². The van der Waals surface area contributed by atoms with E-state index in [1.165, 1.54) is 0 Å². The number of rotatable bonds is 2. The molecule has 1 unspecified atom stereocenters. The highest BCUT2D eigenvalue weighted by Gasteiger charge is 2.05. The molecule has 0 saturated heterocycles. The third-order valence-corrected chi connectivity index (χ3v) is 1.51. The van der Waals surface area contributed by atoms with Crippen LogP contribution in [0.25, 0.3) is 0 Å². The van der Waals surface area contributed by atoms with Crippen LogP contribution in [0.3, 0.4) is 0 Å². The van der Waals surface area contributed by atoms with Crippen LogP contribution < -0.4 is 5.32 Å². The molecule has 0 fully saturated rings. The molecule has 0 aliphatic rings. The monoisotopic (exact) mass is 149 g/mol. The Labute approximate surface area is 66.4 Å². The summed E-state index contributed by atoms with van der Waals surface area (Å²) in [6, 6.07) is -0.0244. The van der Waals surface area contributed by atoms with Gasteiger partial charge in [-0.3, -0.25) is 4.68 Å². The topological polar surface area (TPSA) is 29.9 Å². The van der Waals surface area contributed by atoms with Crippen LogP contribution in [0.1, 0.15) is 11.6 Å². The quantitative estimate of drug-likeness (QED) is 0.613. The molecule has 0 aliphatic carbocycles. The van der Waals surface area contributed by atoms with E-state index >= 15 is 0 Å². The average Bonchev–Trinajstić information content (AvgIpc) is 2.39. The first-order chi connectivity index (χ1) is 5.27. The fraction of sp³-hybridized carbons (Fsp3) is 0.375. The van der Waals surface area contributed by atoms with Gasteiger partial charge in [0, 0.05) is 18.8 Å². The Hall–Kier alpha value is -1.27. The molecule has 0 radical (unpaired) electrons. The Morgan fingerprint density at radius 3 is 2.91 bits per heavy atom. The molecule has 1 N–H and O–H groups in total. The molecular formula is C8H11N3. The number of nitrogens with one attached hydrogen (secondary N) is 1. The van der Waals surface area contributed by atoms with Gasteiger partial charge in [0.15, 0.2) is 0 Å². The standard InChI is InChI=1S/C8H11N3/c1-4-8(9-2)7-5-10-11(3)6-7/h1,5-6,8-9H,2-3H3. The zero-order valence-electron chi connectivity index (χ0n) is 6.70. The van der Waals surface area contributed by atoms with E-state index in [2.05, 4.69) is 16.3 Å². The second-order valence-corrected chi connectivity index (χ2v) is 2.34. The van der Waals surface area contributed by atoms with E-state index < -0.39 is 0 Å². The summed E-state index contributed by atoms with van der Waals surface area (Å²) in [4.78, 5) is 0. The van der Waals surface area contributed by atoms with Crippen LogP contribution in [0.2, 0.25) is 0 Å². The molecule has 0 aliphatic heterocycles. The molecule has 3 heteroatoms. The molecule has 1 rings (SSSR count). The van der Waals surface area contributed by atoms with Gasteiger partial charge in [0.25, 0.3) is 0 Å². The summed E-state index contributed by atoms with van der Waals surface area (Å²) < 4.78 is 1.73. The molecule has 0 saturated carbocycles. The van der Waals surface area contributed by atoms with Crippen LogP contribution in [0.4, 0.5) is 0 Å². The Kier molecular flexibility index (Phi) is 2.29. The predicted molar refractivity (Wildman–Crippen MR) is 43.8 cm³/mol. The molecule has 3 nitrogen and oxygen atoms in total. The van der Waals surface area contributed by atoms with Gasteiger partial charge < -0.3 is 5.32 Å². The second kappa shape index (κ2) is 3.22. The minimum atomic E-state index is -0.0244. The van der Waals surface area contributed by atoms with E-state index in [0.29, 0.717) is 0 Å². The SMILES string of the molecule is C#CC(NC)c1cnn(C)c1. The molecule has 0 bridgehead atoms. The number of nitrogens with zero attached hydrogens (tertiary/aromatic N) is 2. The van der Waals surface area contributed by atoms with E-state index in [4.69, 9.17) is 6.42 Å². The number of hydrogen-bond acceptors (Lipinski definition) is 2. The number of aromatic nitrogens is 2. The lowest BCUT2D eigenvalue weighted by atomic mass is 10.2. The first-order valence-corrected chi connectivity index (χ1v) is 3.40. The maximum atomic E-state index is 5.28. The molecule has 11 heavy (non-hydrogen) atoms. The van der Waals surface area contributed by atoms with Crippen molar-refractivity contribution in [3.05, 3.63) is 18.0 Å². The van der Waals surface area contributed by atoms with Crippen LogP contribution >= 0.6 is 0 Å². The second-order valence-electron chi connectivity index (χ2n) is 2.34. The van der Waals surface area contributed by atoms with Crippen molar-refractivity contribution >= 4 is 0 Å². The molecule has 1 heterocycles. The highest BCUT2D eigenvalue weighted by atomic mass is 15.2. The third-order valence-electron chi connectivity index (χ3n) is 1.51. The van der Waals surface area contributed by atoms with E-state index in [9.17, 15) is 0 Å². The Morgan fingerprint density at radius 2 is 2.55 bits per heavy atom. The van der Waals surface area contributed by atoms with Crippen molar-refractivity contribution in [3.63, 3.8) is 0 Å². The molecule has 0 spiro atoms. The lowest BCUT2D eigenvalue weighted by Crippen LogP contribution is -2.13. The summed E-state index contributed by atoms with van der Waals surface area (Å²) in [5, 5.41) is 7.01. The van der Waals surface area contributed by atoms with Crippen molar-refractivity contribution in [3.8, 4) is 12.3 Å². The minimum absolute atomic E-state index is 0.0244. The van der Waals surface area contributed by atoms with Crippen LogP contribution in [0.15, 0.2) is 12.4 Å². The highest BCUT2D eigenvalue weighted by Crippen LogP contribution is 2.08. The van der Waals surface area contributed by atoms with Crippen molar-refractivity contribution in [2.75, 3.05) is 7.05 Å². The van der Waals surface area contributed by atoms with E-state index in [1.807, 2.05) is 20.3 Å². The van der Waals surface area contributed by atoms with Crippen LogP contribution in [0.5, 0.6) is 0 Å². The number of hydrogen-bond donors (Lipinski definition) is 1. The number of aryl methyl sites for hydroxylation is 1. The van der Waals surface area contributed by atoms with Gasteiger partial charge in [-0.05, 0) is 7.05 Å². The summed E-state index contributed by atoms with van der Waals surface area (Å²) in [5.74, 6) is 2.62. The summed E-state index contributed by atoms with van der Waals surface area (Å²) in [6.45, 7) is 0. The van der Waals surface area contributed by atoms with E-state index in [0.717, 1.165) is 5.56 Å². The van der Waals surface area contributed by atoms with Crippen LogP contribution in [0, 0.1) is 12.3 Å². The van der Waals surface area contributed by atoms with Gasteiger partial charge in [-0.25, -0.2) is 0 Å². The van der Waals surface area contributed by atoms with Gasteiger partial charge in [0.05, 0.1) is 12.2 Å². The minimum Gasteiger partial charge on any atom is -0.303 e. The fourth-order valence-corrected chi connectivity index (χ4v) is 0.935. The van der Waals surface area contributed by atoms with Gasteiger partial charge in [0.2, 0.25) is 0 Å². The molecule has 1 aromatic rings. The lowest BCUT2D eigenvalue weighted by Gasteiger charge is -2.04. The molecule has 0 amide bonds. The van der Waals surface area contributed by atoms with Crippen molar-refractivity contribution in [2.24, 2.45) is 7.05 Å². The van der Waals surface area contributed by atoms with Crippen molar-refractivity contribution in [2.45, 2.75) is 6.04 Å². The van der Waals surface area contributed by atoms with Crippen LogP contribution in [-0.2, 0) is 7.05 Å². The first-order valence-electron chi connectivity index (χ1n) is 3.40. The summed E-state index contributed by atoms with van der Waals surface area (Å²) in [6.07, 6.45) is 8.94. The third kappa shape index (κ3) is 1.60. The normalized spacial score (nSPS) is 12.5. The lowest BCUT2D eigenvalue weighted by molar-refractivity contribution is 0.731. The maximum absolute atomic E-state index is 5.28. The molecule has 58 valence electrons. The van der Waals surface area contributed by atoms with E-state index in [1.54, 1.807) is 10.9 Å².